The lowest BCUT2D eigenvalue weighted by atomic mass is 10.3. The lowest BCUT2D eigenvalue weighted by Crippen LogP contribution is -2.13. The van der Waals surface area contributed by atoms with Crippen LogP contribution in [0.2, 0.25) is 0 Å². The SMILES string of the molecule is COc1ccc2nc(NC(=O)c3nc(N)n[nH]3)sc2c1. The van der Waals surface area contributed by atoms with Gasteiger partial charge in [-0.3, -0.25) is 15.2 Å². The summed E-state index contributed by atoms with van der Waals surface area (Å²) in [6, 6.07) is 5.49. The zero-order valence-electron chi connectivity index (χ0n) is 10.4. The first-order chi connectivity index (χ1) is 9.65. The third kappa shape index (κ3) is 2.26. The summed E-state index contributed by atoms with van der Waals surface area (Å²) in [5.41, 5.74) is 6.12. The molecule has 0 saturated carbocycles. The van der Waals surface area contributed by atoms with Gasteiger partial charge in [0.2, 0.25) is 11.8 Å². The molecular weight excluding hydrogens is 280 g/mol. The number of carbonyl (C=O) groups excluding carboxylic acids is 1. The second-order valence-corrected chi connectivity index (χ2v) is 4.88. The molecule has 0 radical (unpaired) electrons. The van der Waals surface area contributed by atoms with E-state index in [1.807, 2.05) is 18.2 Å². The molecular formula is C11H10N6O2S. The molecule has 0 atom stereocenters. The van der Waals surface area contributed by atoms with Crippen LogP contribution in [0.1, 0.15) is 10.6 Å². The van der Waals surface area contributed by atoms with E-state index in [1.54, 1.807) is 7.11 Å². The van der Waals surface area contributed by atoms with E-state index in [0.717, 1.165) is 16.0 Å². The van der Waals surface area contributed by atoms with E-state index in [4.69, 9.17) is 10.5 Å². The number of H-pyrrole nitrogens is 1. The third-order valence-corrected chi connectivity index (χ3v) is 3.47. The number of hydrogen-bond donors (Lipinski definition) is 3. The van der Waals surface area contributed by atoms with Crippen molar-refractivity contribution < 1.29 is 9.53 Å². The van der Waals surface area contributed by atoms with Crippen molar-refractivity contribution in [3.8, 4) is 5.75 Å². The van der Waals surface area contributed by atoms with Gasteiger partial charge in [0.25, 0.3) is 5.91 Å². The Morgan fingerprint density at radius 3 is 3.00 bits per heavy atom. The average molecular weight is 290 g/mol. The smallest absolute Gasteiger partial charge is 0.294 e. The van der Waals surface area contributed by atoms with Gasteiger partial charge in [-0.25, -0.2) is 4.98 Å². The van der Waals surface area contributed by atoms with Crippen LogP contribution in [-0.2, 0) is 0 Å². The number of thiazole rings is 1. The summed E-state index contributed by atoms with van der Waals surface area (Å²) in [6.45, 7) is 0. The molecule has 1 amide bonds. The molecule has 4 N–H and O–H groups in total. The summed E-state index contributed by atoms with van der Waals surface area (Å²) in [5, 5.41) is 9.13. The number of aromatic amines is 1. The highest BCUT2D eigenvalue weighted by Gasteiger charge is 2.13. The van der Waals surface area contributed by atoms with Gasteiger partial charge in [0.05, 0.1) is 17.3 Å². The molecule has 0 unspecified atom stereocenters. The van der Waals surface area contributed by atoms with E-state index < -0.39 is 5.91 Å². The lowest BCUT2D eigenvalue weighted by Gasteiger charge is -1.96. The minimum atomic E-state index is -0.444. The minimum absolute atomic E-state index is 0.0178. The lowest BCUT2D eigenvalue weighted by molar-refractivity contribution is 0.101. The largest absolute Gasteiger partial charge is 0.497 e. The van der Waals surface area contributed by atoms with E-state index in [2.05, 4.69) is 25.5 Å². The van der Waals surface area contributed by atoms with E-state index in [1.165, 1.54) is 11.3 Å². The summed E-state index contributed by atoms with van der Waals surface area (Å²) in [6.07, 6.45) is 0. The number of carbonyl (C=O) groups is 1. The molecule has 9 heteroatoms. The monoisotopic (exact) mass is 290 g/mol. The molecule has 3 rings (SSSR count). The minimum Gasteiger partial charge on any atom is -0.497 e. The Kier molecular flexibility index (Phi) is 2.95. The Balaban J connectivity index is 1.85. The molecule has 2 heterocycles. The molecule has 0 saturated heterocycles. The van der Waals surface area contributed by atoms with Crippen LogP contribution in [0.5, 0.6) is 5.75 Å². The van der Waals surface area contributed by atoms with Crippen molar-refractivity contribution in [3.05, 3.63) is 24.0 Å². The summed E-state index contributed by atoms with van der Waals surface area (Å²) in [5.74, 6) is 0.353. The molecule has 3 aromatic rings. The first kappa shape index (κ1) is 12.4. The van der Waals surface area contributed by atoms with Crippen LogP contribution in [0, 0.1) is 0 Å². The first-order valence-corrected chi connectivity index (χ1v) is 6.41. The number of benzene rings is 1. The average Bonchev–Trinajstić information content (AvgIpc) is 3.03. The van der Waals surface area contributed by atoms with Crippen LogP contribution in [0.25, 0.3) is 10.2 Å². The Morgan fingerprint density at radius 1 is 1.45 bits per heavy atom. The molecule has 0 bridgehead atoms. The molecule has 0 aliphatic heterocycles. The zero-order valence-corrected chi connectivity index (χ0v) is 11.2. The van der Waals surface area contributed by atoms with Crippen LogP contribution in [0.4, 0.5) is 11.1 Å². The van der Waals surface area contributed by atoms with Gasteiger partial charge in [-0.05, 0) is 18.2 Å². The Labute approximate surface area is 117 Å². The standard InChI is InChI=1S/C11H10N6O2S/c1-19-5-2-3-6-7(4-5)20-11(13-6)15-9(18)8-14-10(12)17-16-8/h2-4H,1H3,(H,13,15,18)(H3,12,14,16,17). The van der Waals surface area contributed by atoms with Crippen molar-refractivity contribution in [3.63, 3.8) is 0 Å². The fourth-order valence-corrected chi connectivity index (χ4v) is 2.51. The van der Waals surface area contributed by atoms with Crippen LogP contribution in [-0.4, -0.2) is 33.2 Å². The highest BCUT2D eigenvalue weighted by Crippen LogP contribution is 2.29. The van der Waals surface area contributed by atoms with Crippen molar-refractivity contribution in [1.29, 1.82) is 0 Å². The quantitative estimate of drug-likeness (QED) is 0.668. The molecule has 0 aliphatic rings. The van der Waals surface area contributed by atoms with Crippen molar-refractivity contribution in [1.82, 2.24) is 20.2 Å². The number of nitrogens with zero attached hydrogens (tertiary/aromatic N) is 3. The molecule has 0 spiro atoms. The van der Waals surface area contributed by atoms with E-state index in [0.29, 0.717) is 5.13 Å². The summed E-state index contributed by atoms with van der Waals surface area (Å²) in [7, 11) is 1.60. The van der Waals surface area contributed by atoms with Crippen molar-refractivity contribution in [2.75, 3.05) is 18.2 Å². The van der Waals surface area contributed by atoms with E-state index in [-0.39, 0.29) is 11.8 Å². The van der Waals surface area contributed by atoms with E-state index in [9.17, 15) is 4.79 Å². The van der Waals surface area contributed by atoms with Gasteiger partial charge in [0.1, 0.15) is 5.75 Å². The highest BCUT2D eigenvalue weighted by molar-refractivity contribution is 7.22. The summed E-state index contributed by atoms with van der Waals surface area (Å²) >= 11 is 1.34. The second-order valence-electron chi connectivity index (χ2n) is 3.85. The molecule has 8 nitrogen and oxygen atoms in total. The van der Waals surface area contributed by atoms with E-state index >= 15 is 0 Å². The number of nitrogens with one attached hydrogen (secondary N) is 2. The van der Waals surface area contributed by atoms with Gasteiger partial charge in [0.15, 0.2) is 5.13 Å². The molecule has 2 aromatic heterocycles. The number of fused-ring (bicyclic) bond motifs is 1. The molecule has 0 aliphatic carbocycles. The first-order valence-electron chi connectivity index (χ1n) is 5.59. The Bertz CT molecular complexity index is 780. The molecule has 1 aromatic carbocycles. The number of hydrogen-bond acceptors (Lipinski definition) is 7. The number of aromatic nitrogens is 4. The number of anilines is 2. The normalized spacial score (nSPS) is 10.7. The maximum absolute atomic E-state index is 11.9. The van der Waals surface area contributed by atoms with Crippen LogP contribution >= 0.6 is 11.3 Å². The van der Waals surface area contributed by atoms with Crippen LogP contribution in [0.3, 0.4) is 0 Å². The van der Waals surface area contributed by atoms with Gasteiger partial charge in [-0.2, -0.15) is 4.98 Å². The number of ether oxygens (including phenoxy) is 1. The molecule has 102 valence electrons. The second kappa shape index (κ2) is 4.78. The predicted octanol–water partition coefficient (Wildman–Crippen LogP) is 1.26. The fraction of sp³-hybridized carbons (Fsp3) is 0.0909. The number of rotatable bonds is 3. The zero-order chi connectivity index (χ0) is 14.1. The van der Waals surface area contributed by atoms with Gasteiger partial charge >= 0.3 is 0 Å². The number of methoxy groups -OCH3 is 1. The van der Waals surface area contributed by atoms with Gasteiger partial charge < -0.3 is 10.5 Å². The number of nitrogens with two attached hydrogens (primary N) is 1. The maximum atomic E-state index is 11.9. The van der Waals surface area contributed by atoms with Crippen molar-refractivity contribution in [2.24, 2.45) is 0 Å². The summed E-state index contributed by atoms with van der Waals surface area (Å²) in [4.78, 5) is 19.9. The van der Waals surface area contributed by atoms with Crippen molar-refractivity contribution >= 4 is 38.5 Å². The fourth-order valence-electron chi connectivity index (χ4n) is 1.62. The third-order valence-electron chi connectivity index (χ3n) is 2.53. The van der Waals surface area contributed by atoms with Crippen molar-refractivity contribution in [2.45, 2.75) is 0 Å². The van der Waals surface area contributed by atoms with Gasteiger partial charge in [-0.15, -0.1) is 5.10 Å². The topological polar surface area (TPSA) is 119 Å². The summed E-state index contributed by atoms with van der Waals surface area (Å²) < 4.78 is 6.05. The van der Waals surface area contributed by atoms with Crippen LogP contribution < -0.4 is 15.8 Å². The molecule has 0 fully saturated rings. The maximum Gasteiger partial charge on any atom is 0.294 e. The van der Waals surface area contributed by atoms with Gasteiger partial charge in [0, 0.05) is 0 Å². The Morgan fingerprint density at radius 2 is 2.30 bits per heavy atom. The number of amides is 1. The predicted molar refractivity (Wildman–Crippen MR) is 74.9 cm³/mol. The van der Waals surface area contributed by atoms with Crippen LogP contribution in [0.15, 0.2) is 18.2 Å². The number of nitrogen functional groups attached to an aromatic ring is 1. The Hall–Kier alpha value is -2.68. The molecule has 20 heavy (non-hydrogen) atoms. The highest BCUT2D eigenvalue weighted by atomic mass is 32.1. The van der Waals surface area contributed by atoms with Gasteiger partial charge in [-0.1, -0.05) is 11.3 Å².